The molecule has 1 heterocycles. The van der Waals surface area contributed by atoms with Crippen molar-refractivity contribution in [1.29, 1.82) is 0 Å². The van der Waals surface area contributed by atoms with E-state index < -0.39 is 0 Å². The predicted octanol–water partition coefficient (Wildman–Crippen LogP) is -1.26. The second kappa shape index (κ2) is 6.92. The molecule has 0 aromatic rings. The molecular weight excluding hydrogens is 148 g/mol. The van der Waals surface area contributed by atoms with Gasteiger partial charge >= 0.3 is 0 Å². The fraction of sp³-hybridized carbons (Fsp3) is 0.833. The van der Waals surface area contributed by atoms with Gasteiger partial charge in [0.05, 0.1) is 13.2 Å². The van der Waals surface area contributed by atoms with E-state index in [9.17, 15) is 4.79 Å². The zero-order chi connectivity index (χ0) is 7.82. The average Bonchev–Trinajstić information content (AvgIpc) is 2.72. The van der Waals surface area contributed by atoms with Gasteiger partial charge in [0, 0.05) is 10.2 Å². The zero-order valence-electron chi connectivity index (χ0n) is 6.25. The summed E-state index contributed by atoms with van der Waals surface area (Å²) < 4.78 is 4.61. The second-order valence-electron chi connectivity index (χ2n) is 2.09. The first-order valence-corrected chi connectivity index (χ1v) is 4.92. The van der Waals surface area contributed by atoms with Crippen LogP contribution in [0.25, 0.3) is 0 Å². The minimum Gasteiger partial charge on any atom is -0.394 e. The average molecular weight is 162 g/mol. The van der Waals surface area contributed by atoms with Crippen molar-refractivity contribution in [1.82, 2.24) is 0 Å². The summed E-state index contributed by atoms with van der Waals surface area (Å²) in [6, 6.07) is 1.11. The van der Waals surface area contributed by atoms with Gasteiger partial charge in [-0.25, -0.2) is 0 Å². The number of hydrogen-bond acceptors (Lipinski definition) is 3. The van der Waals surface area contributed by atoms with Crippen molar-refractivity contribution in [3.05, 3.63) is 0 Å². The summed E-state index contributed by atoms with van der Waals surface area (Å²) in [5.41, 5.74) is 0. The molecule has 4 heteroatoms. The van der Waals surface area contributed by atoms with E-state index in [-0.39, 0.29) is 12.7 Å². The first-order chi connectivity index (χ1) is 4.85. The van der Waals surface area contributed by atoms with Crippen LogP contribution in [0.3, 0.4) is 0 Å². The van der Waals surface area contributed by atoms with Gasteiger partial charge in [-0.3, -0.25) is 0 Å². The zero-order valence-corrected chi connectivity index (χ0v) is 8.25. The highest BCUT2D eigenvalue weighted by Gasteiger charge is 2.19. The fourth-order valence-electron chi connectivity index (χ4n) is 0.291. The van der Waals surface area contributed by atoms with Crippen LogP contribution in [0.15, 0.2) is 0 Å². The van der Waals surface area contributed by atoms with Crippen LogP contribution in [-0.2, 0) is 9.53 Å². The summed E-state index contributed by atoms with van der Waals surface area (Å²) in [4.78, 5) is 9.43. The number of epoxide rings is 1. The number of hydrogen-bond donors (Lipinski definition) is 1. The summed E-state index contributed by atoms with van der Waals surface area (Å²) in [5, 5.41) is 8.08. The number of aliphatic hydroxyl groups is 1. The summed E-state index contributed by atoms with van der Waals surface area (Å²) in [6.45, 7) is 0.955. The lowest BCUT2D eigenvalue weighted by molar-refractivity contribution is -0.107. The first-order valence-electron chi connectivity index (χ1n) is 3.51. The van der Waals surface area contributed by atoms with E-state index in [0.717, 1.165) is 25.4 Å². The Morgan fingerprint density at radius 2 is 2.40 bits per heavy atom. The third-order valence-corrected chi connectivity index (χ3v) is 1.59. The molecule has 0 aliphatic carbocycles. The molecule has 0 amide bonds. The molecule has 0 aromatic heterocycles. The standard InChI is InChI=1S/C3H6O2.C3H8OSi/c4-1-3-2-5-3;4-2-1-3-5/h3-4H,1-2H2;2H,1,3H2,5H3. The van der Waals surface area contributed by atoms with Gasteiger partial charge in [-0.05, 0) is 6.42 Å². The van der Waals surface area contributed by atoms with Crippen molar-refractivity contribution < 1.29 is 14.6 Å². The maximum Gasteiger partial charge on any atom is 0.119 e. The summed E-state index contributed by atoms with van der Waals surface area (Å²) >= 11 is 0. The monoisotopic (exact) mass is 162 g/mol. The Morgan fingerprint density at radius 1 is 1.80 bits per heavy atom. The summed E-state index contributed by atoms with van der Waals surface area (Å²) in [5.74, 6) is 0. The molecule has 1 saturated heterocycles. The third kappa shape index (κ3) is 7.81. The van der Waals surface area contributed by atoms with Gasteiger partial charge in [-0.15, -0.1) is 0 Å². The topological polar surface area (TPSA) is 49.8 Å². The molecule has 1 aliphatic heterocycles. The molecule has 3 nitrogen and oxygen atoms in total. The Bertz CT molecular complexity index is 83.1. The SMILES string of the molecule is O=CCC[SiH3].OCC1CO1. The van der Waals surface area contributed by atoms with Gasteiger partial charge in [0.15, 0.2) is 0 Å². The number of ether oxygens (including phenoxy) is 1. The van der Waals surface area contributed by atoms with Gasteiger partial charge < -0.3 is 14.6 Å². The van der Waals surface area contributed by atoms with E-state index in [1.807, 2.05) is 0 Å². The van der Waals surface area contributed by atoms with Crippen molar-refractivity contribution in [3.8, 4) is 0 Å². The molecule has 0 radical (unpaired) electrons. The smallest absolute Gasteiger partial charge is 0.119 e. The molecule has 0 bridgehead atoms. The van der Waals surface area contributed by atoms with Crippen LogP contribution in [0.5, 0.6) is 0 Å². The molecule has 60 valence electrons. The largest absolute Gasteiger partial charge is 0.394 e. The quantitative estimate of drug-likeness (QED) is 0.320. The number of rotatable bonds is 3. The van der Waals surface area contributed by atoms with Gasteiger partial charge in [0.25, 0.3) is 0 Å². The van der Waals surface area contributed by atoms with Gasteiger partial charge in [-0.1, -0.05) is 6.04 Å². The number of aliphatic hydroxyl groups excluding tert-OH is 1. The van der Waals surface area contributed by atoms with Gasteiger partial charge in [-0.2, -0.15) is 0 Å². The van der Waals surface area contributed by atoms with E-state index in [2.05, 4.69) is 4.74 Å². The lowest BCUT2D eigenvalue weighted by Gasteiger charge is -1.70. The highest BCUT2D eigenvalue weighted by molar-refractivity contribution is 6.09. The molecule has 0 saturated carbocycles. The van der Waals surface area contributed by atoms with E-state index in [1.54, 1.807) is 0 Å². The Kier molecular flexibility index (Phi) is 6.79. The maximum absolute atomic E-state index is 9.43. The van der Waals surface area contributed by atoms with Crippen molar-refractivity contribution in [2.75, 3.05) is 13.2 Å². The lowest BCUT2D eigenvalue weighted by atomic mass is 10.5. The van der Waals surface area contributed by atoms with Crippen LogP contribution >= 0.6 is 0 Å². The maximum atomic E-state index is 9.43. The Balaban J connectivity index is 0.000000162. The Morgan fingerprint density at radius 3 is 2.40 bits per heavy atom. The Labute approximate surface area is 63.8 Å². The van der Waals surface area contributed by atoms with Crippen molar-refractivity contribution in [2.24, 2.45) is 0 Å². The minimum absolute atomic E-state index is 0.190. The van der Waals surface area contributed by atoms with E-state index in [4.69, 9.17) is 5.11 Å². The molecule has 1 atom stereocenters. The third-order valence-electron chi connectivity index (χ3n) is 1.01. The van der Waals surface area contributed by atoms with E-state index in [1.165, 1.54) is 10.2 Å². The van der Waals surface area contributed by atoms with Gasteiger partial charge in [0.2, 0.25) is 0 Å². The molecule has 0 spiro atoms. The number of carbonyl (C=O) groups is 1. The van der Waals surface area contributed by atoms with Crippen LogP contribution in [0, 0.1) is 0 Å². The summed E-state index contributed by atoms with van der Waals surface area (Å²) in [6.07, 6.45) is 1.93. The number of aldehydes is 1. The van der Waals surface area contributed by atoms with Crippen LogP contribution in [0.1, 0.15) is 6.42 Å². The van der Waals surface area contributed by atoms with Crippen LogP contribution < -0.4 is 0 Å². The minimum atomic E-state index is 0.190. The molecule has 1 aliphatic rings. The summed E-state index contributed by atoms with van der Waals surface area (Å²) in [7, 11) is 1.17. The fourth-order valence-corrected chi connectivity index (χ4v) is 0.527. The normalized spacial score (nSPS) is 21.1. The molecule has 10 heavy (non-hydrogen) atoms. The van der Waals surface area contributed by atoms with Crippen LogP contribution in [0.4, 0.5) is 0 Å². The molecular formula is C6H14O3Si. The number of carbonyl (C=O) groups excluding carboxylic acids is 1. The lowest BCUT2D eigenvalue weighted by Crippen LogP contribution is -1.88. The highest BCUT2D eigenvalue weighted by Crippen LogP contribution is 2.04. The van der Waals surface area contributed by atoms with Crippen molar-refractivity contribution in [3.63, 3.8) is 0 Å². The molecule has 0 aromatic carbocycles. The van der Waals surface area contributed by atoms with E-state index in [0.29, 0.717) is 0 Å². The predicted molar refractivity (Wildman–Crippen MR) is 42.3 cm³/mol. The molecule has 1 unspecified atom stereocenters. The highest BCUT2D eigenvalue weighted by atomic mass is 28.1. The second-order valence-corrected chi connectivity index (χ2v) is 3.09. The van der Waals surface area contributed by atoms with Crippen LogP contribution in [0.2, 0.25) is 6.04 Å². The molecule has 1 fully saturated rings. The molecule has 1 rings (SSSR count). The Hall–Kier alpha value is -0.193. The first kappa shape index (κ1) is 9.81. The molecule has 1 N–H and O–H groups in total. The van der Waals surface area contributed by atoms with Crippen molar-refractivity contribution >= 4 is 16.5 Å². The van der Waals surface area contributed by atoms with E-state index >= 15 is 0 Å². The van der Waals surface area contributed by atoms with Crippen LogP contribution in [-0.4, -0.2) is 41.0 Å². The van der Waals surface area contributed by atoms with Gasteiger partial charge in [0.1, 0.15) is 12.4 Å². The van der Waals surface area contributed by atoms with Crippen molar-refractivity contribution in [2.45, 2.75) is 18.6 Å².